The van der Waals surface area contributed by atoms with E-state index >= 15 is 0 Å². The van der Waals surface area contributed by atoms with E-state index in [0.717, 1.165) is 0 Å². The summed E-state index contributed by atoms with van der Waals surface area (Å²) < 4.78 is 15.7. The molecule has 0 aliphatic carbocycles. The number of carbonyl (C=O) groups excluding carboxylic acids is 2. The fraction of sp³-hybridized carbons (Fsp3) is 0.150. The van der Waals surface area contributed by atoms with Gasteiger partial charge in [0.05, 0.1) is 24.3 Å². The van der Waals surface area contributed by atoms with Crippen LogP contribution in [0.2, 0.25) is 10.0 Å². The van der Waals surface area contributed by atoms with E-state index in [9.17, 15) is 14.9 Å². The van der Waals surface area contributed by atoms with E-state index in [1.54, 1.807) is 18.2 Å². The van der Waals surface area contributed by atoms with Crippen molar-refractivity contribution in [3.05, 3.63) is 56.0 Å². The van der Waals surface area contributed by atoms with Crippen molar-refractivity contribution in [2.24, 2.45) is 0 Å². The molecular formula is C20H15BrCl2N2O5. The number of ether oxygens (including phenoxy) is 3. The number of anilines is 1. The van der Waals surface area contributed by atoms with Gasteiger partial charge < -0.3 is 19.5 Å². The Hall–Kier alpha value is -2.73. The molecule has 156 valence electrons. The highest BCUT2D eigenvalue weighted by molar-refractivity contribution is 9.10. The highest BCUT2D eigenvalue weighted by Crippen LogP contribution is 2.35. The minimum absolute atomic E-state index is 0.160. The van der Waals surface area contributed by atoms with Gasteiger partial charge in [-0.15, -0.1) is 0 Å². The normalized spacial score (nSPS) is 10.7. The second-order valence-corrected chi connectivity index (χ2v) is 7.31. The minimum Gasteiger partial charge on any atom is -0.493 e. The molecule has 0 saturated heterocycles. The number of esters is 1. The molecular weight excluding hydrogens is 499 g/mol. The zero-order valence-electron chi connectivity index (χ0n) is 15.8. The largest absolute Gasteiger partial charge is 0.493 e. The van der Waals surface area contributed by atoms with Gasteiger partial charge in [0.15, 0.2) is 18.1 Å². The van der Waals surface area contributed by atoms with Crippen molar-refractivity contribution in [2.45, 2.75) is 0 Å². The van der Waals surface area contributed by atoms with E-state index in [0.29, 0.717) is 26.5 Å². The number of carbonyl (C=O) groups is 2. The molecule has 0 unspecified atom stereocenters. The summed E-state index contributed by atoms with van der Waals surface area (Å²) in [5.74, 6) is -0.600. The van der Waals surface area contributed by atoms with E-state index in [1.807, 2.05) is 6.07 Å². The van der Waals surface area contributed by atoms with Gasteiger partial charge in [-0.3, -0.25) is 4.79 Å². The number of nitrogens with zero attached hydrogens (tertiary/aromatic N) is 1. The summed E-state index contributed by atoms with van der Waals surface area (Å²) in [7, 11) is 2.67. The Morgan fingerprint density at radius 1 is 1.17 bits per heavy atom. The summed E-state index contributed by atoms with van der Waals surface area (Å²) in [6.45, 7) is -0.302. The van der Waals surface area contributed by atoms with Crippen molar-refractivity contribution < 1.29 is 23.8 Å². The van der Waals surface area contributed by atoms with Crippen molar-refractivity contribution in [1.82, 2.24) is 0 Å². The number of methoxy groups -OCH3 is 2. The van der Waals surface area contributed by atoms with E-state index in [1.165, 1.54) is 32.4 Å². The summed E-state index contributed by atoms with van der Waals surface area (Å²) >= 11 is 15.2. The second kappa shape index (κ2) is 10.9. The monoisotopic (exact) mass is 512 g/mol. The van der Waals surface area contributed by atoms with Gasteiger partial charge in [0.2, 0.25) is 0 Å². The lowest BCUT2D eigenvalue weighted by atomic mass is 10.1. The summed E-state index contributed by atoms with van der Waals surface area (Å²) in [5, 5.41) is 12.6. The highest BCUT2D eigenvalue weighted by atomic mass is 79.9. The average Bonchev–Trinajstić information content (AvgIpc) is 2.73. The molecule has 0 heterocycles. The van der Waals surface area contributed by atoms with Gasteiger partial charge in [-0.25, -0.2) is 4.79 Å². The fourth-order valence-corrected chi connectivity index (χ4v) is 2.94. The number of nitrogens with one attached hydrogen (secondary N) is 1. The summed E-state index contributed by atoms with van der Waals surface area (Å²) in [6, 6.07) is 9.54. The molecule has 2 rings (SSSR count). The molecule has 0 aliphatic heterocycles. The Bertz CT molecular complexity index is 1050. The molecule has 0 atom stereocenters. The van der Waals surface area contributed by atoms with Crippen LogP contribution in [0.5, 0.6) is 11.5 Å². The molecule has 0 saturated carbocycles. The van der Waals surface area contributed by atoms with Gasteiger partial charge >= 0.3 is 5.97 Å². The SMILES string of the molecule is COC(=O)COc1cc(Br)c(/C=C(\C#N)C(=O)Nc2ccc(Cl)c(Cl)c2)cc1OC. The van der Waals surface area contributed by atoms with Crippen molar-refractivity contribution in [3.8, 4) is 17.6 Å². The Morgan fingerprint density at radius 2 is 1.90 bits per heavy atom. The maximum Gasteiger partial charge on any atom is 0.343 e. The third kappa shape index (κ3) is 6.13. The van der Waals surface area contributed by atoms with Crippen LogP contribution in [0.15, 0.2) is 40.4 Å². The van der Waals surface area contributed by atoms with Crippen molar-refractivity contribution in [2.75, 3.05) is 26.1 Å². The van der Waals surface area contributed by atoms with Crippen LogP contribution in [0.1, 0.15) is 5.56 Å². The topological polar surface area (TPSA) is 97.7 Å². The first-order valence-electron chi connectivity index (χ1n) is 8.24. The van der Waals surface area contributed by atoms with Crippen molar-refractivity contribution >= 4 is 62.8 Å². The van der Waals surface area contributed by atoms with E-state index in [2.05, 4.69) is 26.0 Å². The molecule has 30 heavy (non-hydrogen) atoms. The molecule has 0 aromatic heterocycles. The number of amides is 1. The lowest BCUT2D eigenvalue weighted by molar-refractivity contribution is -0.142. The maximum atomic E-state index is 12.5. The van der Waals surface area contributed by atoms with E-state index < -0.39 is 11.9 Å². The maximum absolute atomic E-state index is 12.5. The smallest absolute Gasteiger partial charge is 0.343 e. The van der Waals surface area contributed by atoms with Crippen LogP contribution in [0, 0.1) is 11.3 Å². The molecule has 2 aromatic carbocycles. The van der Waals surface area contributed by atoms with Gasteiger partial charge in [-0.2, -0.15) is 5.26 Å². The molecule has 0 aliphatic rings. The van der Waals surface area contributed by atoms with Crippen LogP contribution >= 0.6 is 39.1 Å². The number of halogens is 3. The van der Waals surface area contributed by atoms with Crippen LogP contribution < -0.4 is 14.8 Å². The first kappa shape index (κ1) is 23.5. The van der Waals surface area contributed by atoms with Gasteiger partial charge in [0.25, 0.3) is 5.91 Å². The second-order valence-electron chi connectivity index (χ2n) is 5.64. The molecule has 0 radical (unpaired) electrons. The van der Waals surface area contributed by atoms with E-state index in [4.69, 9.17) is 32.7 Å². The fourth-order valence-electron chi connectivity index (χ4n) is 2.21. The van der Waals surface area contributed by atoms with E-state index in [-0.39, 0.29) is 23.0 Å². The predicted octanol–water partition coefficient (Wildman–Crippen LogP) is 4.86. The Morgan fingerprint density at radius 3 is 2.50 bits per heavy atom. The first-order valence-corrected chi connectivity index (χ1v) is 9.79. The third-order valence-corrected chi connectivity index (χ3v) is 5.12. The van der Waals surface area contributed by atoms with Crippen LogP contribution in [-0.2, 0) is 14.3 Å². The van der Waals surface area contributed by atoms with Gasteiger partial charge in [0, 0.05) is 10.2 Å². The summed E-state index contributed by atoms with van der Waals surface area (Å²) in [6.07, 6.45) is 1.38. The number of rotatable bonds is 7. The molecule has 0 bridgehead atoms. The Kier molecular flexibility index (Phi) is 8.54. The molecule has 2 aromatic rings. The molecule has 0 spiro atoms. The summed E-state index contributed by atoms with van der Waals surface area (Å²) in [4.78, 5) is 23.8. The zero-order chi connectivity index (χ0) is 22.3. The number of hydrogen-bond acceptors (Lipinski definition) is 6. The summed E-state index contributed by atoms with van der Waals surface area (Å²) in [5.41, 5.74) is 0.712. The van der Waals surface area contributed by atoms with Gasteiger partial charge in [-0.1, -0.05) is 39.1 Å². The molecule has 1 N–H and O–H groups in total. The van der Waals surface area contributed by atoms with Crippen LogP contribution in [0.25, 0.3) is 6.08 Å². The van der Waals surface area contributed by atoms with Gasteiger partial charge in [0.1, 0.15) is 11.6 Å². The number of benzene rings is 2. The molecule has 7 nitrogen and oxygen atoms in total. The molecule has 10 heteroatoms. The highest BCUT2D eigenvalue weighted by Gasteiger charge is 2.15. The van der Waals surface area contributed by atoms with Crippen molar-refractivity contribution in [3.63, 3.8) is 0 Å². The minimum atomic E-state index is -0.632. The quantitative estimate of drug-likeness (QED) is 0.322. The molecule has 0 fully saturated rings. The number of nitriles is 1. The zero-order valence-corrected chi connectivity index (χ0v) is 18.9. The Balaban J connectivity index is 2.29. The Labute approximate surface area is 191 Å². The predicted molar refractivity (Wildman–Crippen MR) is 117 cm³/mol. The van der Waals surface area contributed by atoms with Crippen LogP contribution in [0.4, 0.5) is 5.69 Å². The number of hydrogen-bond donors (Lipinski definition) is 1. The standard InChI is InChI=1S/C20H15BrCl2N2O5/c1-28-17-6-11(14(21)8-18(17)30-10-19(26)29-2)5-12(9-24)20(27)25-13-3-4-15(22)16(23)7-13/h3-8H,10H2,1-2H3,(H,25,27)/b12-5+. The van der Waals surface area contributed by atoms with Crippen LogP contribution in [-0.4, -0.2) is 32.7 Å². The average molecular weight is 514 g/mol. The van der Waals surface area contributed by atoms with Gasteiger partial charge in [-0.05, 0) is 42.0 Å². The van der Waals surface area contributed by atoms with Crippen molar-refractivity contribution in [1.29, 1.82) is 5.26 Å². The first-order chi connectivity index (χ1) is 14.3. The lowest BCUT2D eigenvalue weighted by Crippen LogP contribution is -2.13. The molecule has 1 amide bonds. The van der Waals surface area contributed by atoms with Crippen LogP contribution in [0.3, 0.4) is 0 Å². The lowest BCUT2D eigenvalue weighted by Gasteiger charge is -2.12. The third-order valence-electron chi connectivity index (χ3n) is 3.70.